The lowest BCUT2D eigenvalue weighted by atomic mass is 10.0. The number of aromatic nitrogens is 2. The van der Waals surface area contributed by atoms with Crippen LogP contribution in [0, 0.1) is 5.82 Å². The smallest absolute Gasteiger partial charge is 0.410 e. The Morgan fingerprint density at radius 3 is 2.88 bits per heavy atom. The molecule has 0 fully saturated rings. The second-order valence-electron chi connectivity index (χ2n) is 6.78. The molecular formula is C17H19ClFN3O2. The molecule has 1 N–H and O–H groups in total. The molecular weight excluding hydrogens is 333 g/mol. The van der Waals surface area contributed by atoms with Gasteiger partial charge in [-0.25, -0.2) is 9.18 Å². The molecule has 128 valence electrons. The number of hydrogen-bond donors (Lipinski definition) is 1. The van der Waals surface area contributed by atoms with Gasteiger partial charge in [0.2, 0.25) is 0 Å². The zero-order valence-corrected chi connectivity index (χ0v) is 14.6. The van der Waals surface area contributed by atoms with Crippen molar-refractivity contribution in [1.82, 2.24) is 15.1 Å². The predicted molar refractivity (Wildman–Crippen MR) is 91.5 cm³/mol. The van der Waals surface area contributed by atoms with E-state index in [-0.39, 0.29) is 11.1 Å². The number of nitrogens with zero attached hydrogens (tertiary/aromatic N) is 2. The highest BCUT2D eigenvalue weighted by molar-refractivity contribution is 6.35. The monoisotopic (exact) mass is 351 g/mol. The van der Waals surface area contributed by atoms with Gasteiger partial charge in [-0.3, -0.25) is 5.10 Å². The van der Waals surface area contributed by atoms with Gasteiger partial charge in [0.25, 0.3) is 0 Å². The lowest BCUT2D eigenvalue weighted by Crippen LogP contribution is -2.39. The fourth-order valence-corrected chi connectivity index (χ4v) is 2.88. The third-order valence-corrected chi connectivity index (χ3v) is 4.11. The van der Waals surface area contributed by atoms with E-state index >= 15 is 0 Å². The molecule has 24 heavy (non-hydrogen) atoms. The van der Waals surface area contributed by atoms with Crippen molar-refractivity contribution in [2.75, 3.05) is 13.1 Å². The Bertz CT molecular complexity index is 823. The maximum atomic E-state index is 13.6. The molecule has 0 bridgehead atoms. The Hall–Kier alpha value is -2.08. The third-order valence-electron chi connectivity index (χ3n) is 3.74. The van der Waals surface area contributed by atoms with Crippen molar-refractivity contribution < 1.29 is 13.9 Å². The molecule has 0 radical (unpaired) electrons. The number of carbonyl (C=O) groups excluding carboxylic acids is 1. The fraction of sp³-hybridized carbons (Fsp3) is 0.412. The van der Waals surface area contributed by atoms with Gasteiger partial charge in [-0.05, 0) is 44.9 Å². The third kappa shape index (κ3) is 3.24. The molecule has 5 nitrogen and oxygen atoms in total. The summed E-state index contributed by atoms with van der Waals surface area (Å²) in [5.74, 6) is -0.493. The van der Waals surface area contributed by atoms with Crippen LogP contribution in [-0.4, -0.2) is 39.9 Å². The van der Waals surface area contributed by atoms with E-state index in [9.17, 15) is 9.18 Å². The van der Waals surface area contributed by atoms with E-state index in [0.29, 0.717) is 30.7 Å². The number of benzene rings is 1. The van der Waals surface area contributed by atoms with Crippen LogP contribution in [-0.2, 0) is 4.74 Å². The molecule has 1 aromatic carbocycles. The Balaban J connectivity index is 1.87. The van der Waals surface area contributed by atoms with E-state index < -0.39 is 11.4 Å². The lowest BCUT2D eigenvalue weighted by molar-refractivity contribution is 0.0273. The van der Waals surface area contributed by atoms with Gasteiger partial charge in [0.15, 0.2) is 0 Å². The molecule has 0 atom stereocenters. The standard InChI is InChI=1S/C17H19ClFN3O2/c1-17(2,3)24-16(23)22-8-4-5-10(9-22)14-11-6-7-12(19)13(18)15(11)21-20-14/h5-7H,4,8-9H2,1-3H3,(H,20,21). The largest absolute Gasteiger partial charge is 0.444 e. The van der Waals surface area contributed by atoms with Crippen LogP contribution >= 0.6 is 11.6 Å². The fourth-order valence-electron chi connectivity index (χ4n) is 2.67. The van der Waals surface area contributed by atoms with Crippen LogP contribution in [0.3, 0.4) is 0 Å². The van der Waals surface area contributed by atoms with E-state index in [1.54, 1.807) is 11.0 Å². The number of H-pyrrole nitrogens is 1. The van der Waals surface area contributed by atoms with Crippen LogP contribution in [0.4, 0.5) is 9.18 Å². The Morgan fingerprint density at radius 2 is 2.17 bits per heavy atom. The van der Waals surface area contributed by atoms with Crippen LogP contribution in [0.2, 0.25) is 5.02 Å². The van der Waals surface area contributed by atoms with Crippen LogP contribution in [0.5, 0.6) is 0 Å². The zero-order chi connectivity index (χ0) is 17.5. The minimum absolute atomic E-state index is 0.0201. The Morgan fingerprint density at radius 1 is 1.42 bits per heavy atom. The van der Waals surface area contributed by atoms with Crippen molar-refractivity contribution in [1.29, 1.82) is 0 Å². The number of aromatic amines is 1. The molecule has 0 saturated heterocycles. The van der Waals surface area contributed by atoms with Gasteiger partial charge in [-0.15, -0.1) is 0 Å². The summed E-state index contributed by atoms with van der Waals surface area (Å²) >= 11 is 5.98. The summed E-state index contributed by atoms with van der Waals surface area (Å²) in [4.78, 5) is 13.9. The molecule has 0 aliphatic carbocycles. The first-order valence-electron chi connectivity index (χ1n) is 7.75. The summed E-state index contributed by atoms with van der Waals surface area (Å²) in [7, 11) is 0. The second-order valence-corrected chi connectivity index (χ2v) is 7.15. The SMILES string of the molecule is CC(C)(C)OC(=O)N1CCC=C(c2n[nH]c3c(Cl)c(F)ccc23)C1. The van der Waals surface area contributed by atoms with Gasteiger partial charge >= 0.3 is 6.09 Å². The molecule has 2 heterocycles. The van der Waals surface area contributed by atoms with Crippen LogP contribution in [0.1, 0.15) is 32.9 Å². The highest BCUT2D eigenvalue weighted by Gasteiger charge is 2.26. The van der Waals surface area contributed by atoms with Gasteiger partial charge in [-0.2, -0.15) is 5.10 Å². The highest BCUT2D eigenvalue weighted by Crippen LogP contribution is 2.31. The molecule has 0 unspecified atom stereocenters. The molecule has 7 heteroatoms. The van der Waals surface area contributed by atoms with Crippen LogP contribution in [0.25, 0.3) is 16.5 Å². The highest BCUT2D eigenvalue weighted by atomic mass is 35.5. The number of ether oxygens (including phenoxy) is 1. The van der Waals surface area contributed by atoms with Gasteiger partial charge in [0.1, 0.15) is 16.4 Å². The Kier molecular flexibility index (Phi) is 4.25. The van der Waals surface area contributed by atoms with Gasteiger partial charge in [0, 0.05) is 11.9 Å². The molecule has 3 rings (SSSR count). The average Bonchev–Trinajstić information content (AvgIpc) is 2.94. The maximum Gasteiger partial charge on any atom is 0.410 e. The molecule has 1 aliphatic heterocycles. The maximum absolute atomic E-state index is 13.6. The number of amides is 1. The number of halogens is 2. The second kappa shape index (κ2) is 6.09. The van der Waals surface area contributed by atoms with Crippen molar-refractivity contribution in [3.05, 3.63) is 34.7 Å². The van der Waals surface area contributed by atoms with E-state index in [4.69, 9.17) is 16.3 Å². The quantitative estimate of drug-likeness (QED) is 0.829. The summed E-state index contributed by atoms with van der Waals surface area (Å²) in [5, 5.41) is 7.80. The van der Waals surface area contributed by atoms with Gasteiger partial charge < -0.3 is 9.64 Å². The molecule has 1 aromatic heterocycles. The first-order valence-corrected chi connectivity index (χ1v) is 8.13. The number of fused-ring (bicyclic) bond motifs is 1. The summed E-state index contributed by atoms with van der Waals surface area (Å²) in [6.07, 6.45) is 2.39. The van der Waals surface area contributed by atoms with Gasteiger partial charge in [-0.1, -0.05) is 17.7 Å². The summed E-state index contributed by atoms with van der Waals surface area (Å²) in [6.45, 7) is 6.50. The topological polar surface area (TPSA) is 58.2 Å². The Labute approximate surface area is 144 Å². The lowest BCUT2D eigenvalue weighted by Gasteiger charge is -2.30. The summed E-state index contributed by atoms with van der Waals surface area (Å²) in [5.41, 5.74) is 1.49. The minimum Gasteiger partial charge on any atom is -0.444 e. The first kappa shape index (κ1) is 16.8. The number of rotatable bonds is 1. The van der Waals surface area contributed by atoms with Crippen molar-refractivity contribution in [2.24, 2.45) is 0 Å². The molecule has 0 spiro atoms. The summed E-state index contributed by atoms with van der Waals surface area (Å²) in [6, 6.07) is 2.96. The first-order chi connectivity index (χ1) is 11.3. The predicted octanol–water partition coefficient (Wildman–Crippen LogP) is 4.38. The zero-order valence-electron chi connectivity index (χ0n) is 13.8. The number of nitrogens with one attached hydrogen (secondary N) is 1. The van der Waals surface area contributed by atoms with Crippen molar-refractivity contribution in [2.45, 2.75) is 32.8 Å². The van der Waals surface area contributed by atoms with E-state index in [1.807, 2.05) is 26.8 Å². The minimum atomic E-state index is -0.539. The molecule has 2 aromatic rings. The van der Waals surface area contributed by atoms with E-state index in [0.717, 1.165) is 11.0 Å². The van der Waals surface area contributed by atoms with E-state index in [1.165, 1.54) is 6.07 Å². The average molecular weight is 352 g/mol. The molecule has 1 amide bonds. The van der Waals surface area contributed by atoms with Crippen molar-refractivity contribution in [3.8, 4) is 0 Å². The molecule has 0 saturated carbocycles. The normalized spacial score (nSPS) is 15.5. The van der Waals surface area contributed by atoms with Crippen molar-refractivity contribution in [3.63, 3.8) is 0 Å². The van der Waals surface area contributed by atoms with Crippen LogP contribution in [0.15, 0.2) is 18.2 Å². The number of hydrogen-bond acceptors (Lipinski definition) is 3. The molecule has 1 aliphatic rings. The van der Waals surface area contributed by atoms with Crippen molar-refractivity contribution >= 4 is 34.2 Å². The van der Waals surface area contributed by atoms with E-state index in [2.05, 4.69) is 10.2 Å². The van der Waals surface area contributed by atoms with Gasteiger partial charge in [0.05, 0.1) is 17.8 Å². The van der Waals surface area contributed by atoms with Crippen LogP contribution < -0.4 is 0 Å². The summed E-state index contributed by atoms with van der Waals surface area (Å²) < 4.78 is 19.0. The number of carbonyl (C=O) groups is 1.